The second-order valence-electron chi connectivity index (χ2n) is 6.58. The highest BCUT2D eigenvalue weighted by atomic mass is 16.3. The smallest absolute Gasteiger partial charge is 0.251 e. The molecule has 7 heteroatoms. The Kier molecular flexibility index (Phi) is 5.33. The molecule has 0 saturated carbocycles. The van der Waals surface area contributed by atoms with Crippen LogP contribution in [0.15, 0.2) is 60.7 Å². The number of pyridine rings is 1. The minimum absolute atomic E-state index is 0.00596. The van der Waals surface area contributed by atoms with Crippen molar-refractivity contribution in [1.29, 1.82) is 0 Å². The first-order chi connectivity index (χ1) is 14.2. The van der Waals surface area contributed by atoms with E-state index < -0.39 is 0 Å². The van der Waals surface area contributed by atoms with Crippen LogP contribution in [0.1, 0.15) is 15.9 Å². The molecule has 2 aromatic heterocycles. The first-order valence-corrected chi connectivity index (χ1v) is 9.24. The molecule has 2 heterocycles. The summed E-state index contributed by atoms with van der Waals surface area (Å²) in [6, 6.07) is 18.6. The van der Waals surface area contributed by atoms with Gasteiger partial charge in [-0.1, -0.05) is 36.4 Å². The van der Waals surface area contributed by atoms with Gasteiger partial charge in [-0.2, -0.15) is 5.10 Å². The van der Waals surface area contributed by atoms with Crippen LogP contribution in [-0.2, 0) is 6.61 Å². The standard InChI is InChI=1S/C22H20N4O3/c27-11-10-23-22(29)17-3-1-2-16(12-17)19-9-8-18-20(25-26-21(18)24-19)15-6-4-14(13-28)5-7-15/h1-9,12,27-28H,10-11,13H2,(H,23,29)(H,24,25,26). The molecule has 0 spiro atoms. The van der Waals surface area contributed by atoms with Gasteiger partial charge in [0.15, 0.2) is 5.65 Å². The van der Waals surface area contributed by atoms with Crippen molar-refractivity contribution in [1.82, 2.24) is 20.5 Å². The van der Waals surface area contributed by atoms with E-state index in [4.69, 9.17) is 5.11 Å². The van der Waals surface area contributed by atoms with Crippen LogP contribution in [0.3, 0.4) is 0 Å². The number of aromatic nitrogens is 3. The fourth-order valence-corrected chi connectivity index (χ4v) is 3.15. The van der Waals surface area contributed by atoms with E-state index in [0.717, 1.165) is 27.8 Å². The molecular formula is C22H20N4O3. The van der Waals surface area contributed by atoms with E-state index in [1.807, 2.05) is 42.5 Å². The molecule has 0 unspecified atom stereocenters. The monoisotopic (exact) mass is 388 g/mol. The molecule has 2 aromatic carbocycles. The summed E-state index contributed by atoms with van der Waals surface area (Å²) in [6.45, 7) is 0.114. The number of carbonyl (C=O) groups is 1. The molecule has 0 aliphatic carbocycles. The predicted molar refractivity (Wildman–Crippen MR) is 110 cm³/mol. The first-order valence-electron chi connectivity index (χ1n) is 9.24. The zero-order valence-corrected chi connectivity index (χ0v) is 15.6. The van der Waals surface area contributed by atoms with Crippen LogP contribution < -0.4 is 5.32 Å². The molecule has 146 valence electrons. The van der Waals surface area contributed by atoms with E-state index in [9.17, 15) is 9.90 Å². The normalized spacial score (nSPS) is 11.0. The predicted octanol–water partition coefficient (Wildman–Crippen LogP) is 2.51. The Morgan fingerprint density at radius 3 is 2.59 bits per heavy atom. The van der Waals surface area contributed by atoms with E-state index in [-0.39, 0.29) is 25.7 Å². The quantitative estimate of drug-likeness (QED) is 0.406. The van der Waals surface area contributed by atoms with Gasteiger partial charge in [-0.05, 0) is 29.8 Å². The Hall–Kier alpha value is -3.55. The lowest BCUT2D eigenvalue weighted by Crippen LogP contribution is -2.26. The van der Waals surface area contributed by atoms with Gasteiger partial charge in [0, 0.05) is 28.6 Å². The van der Waals surface area contributed by atoms with Crippen molar-refractivity contribution in [2.24, 2.45) is 0 Å². The maximum atomic E-state index is 12.1. The molecule has 4 N–H and O–H groups in total. The van der Waals surface area contributed by atoms with Crippen molar-refractivity contribution in [2.75, 3.05) is 13.2 Å². The summed E-state index contributed by atoms with van der Waals surface area (Å²) in [4.78, 5) is 16.8. The van der Waals surface area contributed by atoms with Crippen LogP contribution >= 0.6 is 0 Å². The molecule has 0 bridgehead atoms. The van der Waals surface area contributed by atoms with Crippen molar-refractivity contribution in [3.8, 4) is 22.5 Å². The first kappa shape index (κ1) is 18.8. The zero-order valence-electron chi connectivity index (χ0n) is 15.6. The molecule has 0 aliphatic rings. The number of aromatic amines is 1. The van der Waals surface area contributed by atoms with Gasteiger partial charge in [-0.15, -0.1) is 0 Å². The average molecular weight is 388 g/mol. The van der Waals surface area contributed by atoms with Crippen LogP contribution in [0.25, 0.3) is 33.5 Å². The zero-order chi connectivity index (χ0) is 20.2. The molecule has 7 nitrogen and oxygen atoms in total. The Morgan fingerprint density at radius 1 is 1.00 bits per heavy atom. The number of hydrogen-bond donors (Lipinski definition) is 4. The SMILES string of the molecule is O=C(NCCO)c1cccc(-c2ccc3c(-c4ccc(CO)cc4)[nH]nc3n2)c1. The van der Waals surface area contributed by atoms with E-state index in [2.05, 4.69) is 20.5 Å². The third-order valence-corrected chi connectivity index (χ3v) is 4.66. The van der Waals surface area contributed by atoms with Gasteiger partial charge in [0.1, 0.15) is 0 Å². The van der Waals surface area contributed by atoms with Crippen molar-refractivity contribution in [3.63, 3.8) is 0 Å². The Bertz CT molecular complexity index is 1150. The van der Waals surface area contributed by atoms with Crippen LogP contribution in [0, 0.1) is 0 Å². The second-order valence-corrected chi connectivity index (χ2v) is 6.58. The maximum Gasteiger partial charge on any atom is 0.251 e. The number of carbonyl (C=O) groups excluding carboxylic acids is 1. The highest BCUT2D eigenvalue weighted by Gasteiger charge is 2.12. The average Bonchev–Trinajstić information content (AvgIpc) is 3.21. The lowest BCUT2D eigenvalue weighted by molar-refractivity contribution is 0.0945. The van der Waals surface area contributed by atoms with Gasteiger partial charge in [0.25, 0.3) is 5.91 Å². The number of benzene rings is 2. The number of aliphatic hydroxyl groups excluding tert-OH is 2. The molecule has 0 fully saturated rings. The van der Waals surface area contributed by atoms with Crippen molar-refractivity contribution >= 4 is 16.9 Å². The number of aliphatic hydroxyl groups is 2. The van der Waals surface area contributed by atoms with Crippen molar-refractivity contribution in [3.05, 3.63) is 71.8 Å². The fourth-order valence-electron chi connectivity index (χ4n) is 3.15. The van der Waals surface area contributed by atoms with Gasteiger partial charge in [0.2, 0.25) is 0 Å². The van der Waals surface area contributed by atoms with Crippen LogP contribution in [-0.4, -0.2) is 44.5 Å². The van der Waals surface area contributed by atoms with Gasteiger partial charge in [-0.3, -0.25) is 9.89 Å². The second kappa shape index (κ2) is 8.22. The molecule has 0 atom stereocenters. The summed E-state index contributed by atoms with van der Waals surface area (Å²) in [7, 11) is 0. The molecule has 0 saturated heterocycles. The van der Waals surface area contributed by atoms with Crippen LogP contribution in [0.2, 0.25) is 0 Å². The summed E-state index contributed by atoms with van der Waals surface area (Å²) >= 11 is 0. The highest BCUT2D eigenvalue weighted by molar-refractivity contribution is 5.96. The van der Waals surface area contributed by atoms with Gasteiger partial charge in [-0.25, -0.2) is 4.98 Å². The van der Waals surface area contributed by atoms with E-state index in [0.29, 0.717) is 16.9 Å². The summed E-state index contributed by atoms with van der Waals surface area (Å²) in [6.07, 6.45) is 0. The molecule has 0 aliphatic heterocycles. The van der Waals surface area contributed by atoms with E-state index >= 15 is 0 Å². The van der Waals surface area contributed by atoms with E-state index in [1.165, 1.54) is 0 Å². The number of hydrogen-bond acceptors (Lipinski definition) is 5. The summed E-state index contributed by atoms with van der Waals surface area (Å²) in [5.74, 6) is -0.240. The number of nitrogens with one attached hydrogen (secondary N) is 2. The van der Waals surface area contributed by atoms with E-state index in [1.54, 1.807) is 18.2 Å². The Balaban J connectivity index is 1.66. The van der Waals surface area contributed by atoms with Crippen molar-refractivity contribution in [2.45, 2.75) is 6.61 Å². The molecule has 4 aromatic rings. The third kappa shape index (κ3) is 3.87. The molecule has 1 amide bonds. The topological polar surface area (TPSA) is 111 Å². The minimum atomic E-state index is -0.240. The number of rotatable bonds is 6. The third-order valence-electron chi connectivity index (χ3n) is 4.66. The summed E-state index contributed by atoms with van der Waals surface area (Å²) in [5.41, 5.74) is 5.27. The highest BCUT2D eigenvalue weighted by Crippen LogP contribution is 2.28. The summed E-state index contributed by atoms with van der Waals surface area (Å²) < 4.78 is 0. The number of fused-ring (bicyclic) bond motifs is 1. The van der Waals surface area contributed by atoms with Gasteiger partial charge < -0.3 is 15.5 Å². The van der Waals surface area contributed by atoms with Gasteiger partial charge >= 0.3 is 0 Å². The lowest BCUT2D eigenvalue weighted by Gasteiger charge is -2.06. The molecule has 0 radical (unpaired) electrons. The minimum Gasteiger partial charge on any atom is -0.395 e. The number of amides is 1. The number of nitrogens with zero attached hydrogens (tertiary/aromatic N) is 2. The van der Waals surface area contributed by atoms with Gasteiger partial charge in [0.05, 0.1) is 24.6 Å². The maximum absolute atomic E-state index is 12.1. The number of H-pyrrole nitrogens is 1. The van der Waals surface area contributed by atoms with Crippen LogP contribution in [0.4, 0.5) is 0 Å². The Labute approximate surface area is 167 Å². The van der Waals surface area contributed by atoms with Crippen LogP contribution in [0.5, 0.6) is 0 Å². The molecular weight excluding hydrogens is 368 g/mol. The Morgan fingerprint density at radius 2 is 1.83 bits per heavy atom. The summed E-state index contributed by atoms with van der Waals surface area (Å²) in [5, 5.41) is 29.0. The lowest BCUT2D eigenvalue weighted by atomic mass is 10.0. The fraction of sp³-hybridized carbons (Fsp3) is 0.136. The molecule has 4 rings (SSSR count). The largest absolute Gasteiger partial charge is 0.395 e. The van der Waals surface area contributed by atoms with Crippen molar-refractivity contribution < 1.29 is 15.0 Å². The molecule has 29 heavy (non-hydrogen) atoms.